The first-order chi connectivity index (χ1) is 13.7. The molecule has 2 heterocycles. The molecule has 4 rings (SSSR count). The molecule has 6 nitrogen and oxygen atoms in total. The molecule has 144 valence electrons. The van der Waals surface area contributed by atoms with Crippen LogP contribution in [0.1, 0.15) is 12.3 Å². The number of hydrogen-bond donors (Lipinski definition) is 0. The highest BCUT2D eigenvalue weighted by Gasteiger charge is 2.21. The number of hydrogen-bond acceptors (Lipinski definition) is 5. The maximum Gasteiger partial charge on any atom is 0.247 e. The van der Waals surface area contributed by atoms with Crippen molar-refractivity contribution in [3.8, 4) is 11.5 Å². The molecule has 1 aromatic heterocycles. The third kappa shape index (κ3) is 4.34. The number of aromatic nitrogens is 2. The second-order valence-corrected chi connectivity index (χ2v) is 7.15. The Kier molecular flexibility index (Phi) is 5.58. The van der Waals surface area contributed by atoms with Crippen LogP contribution < -0.4 is 4.90 Å². The minimum atomic E-state index is 0.124. The largest absolute Gasteiger partial charge is 0.421 e. The van der Waals surface area contributed by atoms with Gasteiger partial charge in [0, 0.05) is 55.3 Å². The lowest BCUT2D eigenvalue weighted by atomic mass is 10.2. The Labute approximate surface area is 168 Å². The first-order valence-electron chi connectivity index (χ1n) is 9.35. The van der Waals surface area contributed by atoms with Crippen LogP contribution in [0.4, 0.5) is 5.69 Å². The lowest BCUT2D eigenvalue weighted by molar-refractivity contribution is -0.131. The van der Waals surface area contributed by atoms with Crippen LogP contribution in [0.2, 0.25) is 5.02 Å². The number of para-hydroxylation sites is 1. The number of benzene rings is 2. The van der Waals surface area contributed by atoms with E-state index in [1.165, 1.54) is 5.69 Å². The van der Waals surface area contributed by atoms with Crippen molar-refractivity contribution in [2.75, 3.05) is 31.1 Å². The zero-order valence-corrected chi connectivity index (χ0v) is 16.2. The first kappa shape index (κ1) is 18.5. The minimum absolute atomic E-state index is 0.124. The molecular formula is C21H21ClN4O2. The molecule has 0 unspecified atom stereocenters. The summed E-state index contributed by atoms with van der Waals surface area (Å²) in [6.45, 7) is 3.15. The Hall–Kier alpha value is -2.86. The predicted octanol–water partition coefficient (Wildman–Crippen LogP) is 3.67. The van der Waals surface area contributed by atoms with Crippen molar-refractivity contribution in [1.29, 1.82) is 0 Å². The van der Waals surface area contributed by atoms with Crippen molar-refractivity contribution in [2.45, 2.75) is 12.8 Å². The van der Waals surface area contributed by atoms with Gasteiger partial charge >= 0.3 is 0 Å². The van der Waals surface area contributed by atoms with Crippen LogP contribution in [-0.2, 0) is 11.2 Å². The SMILES string of the molecule is O=C(CCc1nnc(-c2ccc(Cl)cc2)o1)N1CCN(c2ccccc2)CC1. The molecule has 0 radical (unpaired) electrons. The molecule has 1 amide bonds. The molecule has 28 heavy (non-hydrogen) atoms. The zero-order valence-electron chi connectivity index (χ0n) is 15.4. The zero-order chi connectivity index (χ0) is 19.3. The van der Waals surface area contributed by atoms with E-state index in [0.29, 0.717) is 29.6 Å². The summed E-state index contributed by atoms with van der Waals surface area (Å²) in [7, 11) is 0. The molecule has 0 aliphatic carbocycles. The second-order valence-electron chi connectivity index (χ2n) is 6.71. The van der Waals surface area contributed by atoms with Crippen LogP contribution in [0, 0.1) is 0 Å². The van der Waals surface area contributed by atoms with Crippen LogP contribution >= 0.6 is 11.6 Å². The van der Waals surface area contributed by atoms with E-state index < -0.39 is 0 Å². The molecule has 2 aromatic carbocycles. The van der Waals surface area contributed by atoms with Gasteiger partial charge in [-0.2, -0.15) is 0 Å². The van der Waals surface area contributed by atoms with Gasteiger partial charge in [0.1, 0.15) is 0 Å². The van der Waals surface area contributed by atoms with Crippen LogP contribution in [0.3, 0.4) is 0 Å². The average Bonchev–Trinajstić information content (AvgIpc) is 3.22. The lowest BCUT2D eigenvalue weighted by Gasteiger charge is -2.36. The van der Waals surface area contributed by atoms with Crippen LogP contribution in [0.25, 0.3) is 11.5 Å². The third-order valence-electron chi connectivity index (χ3n) is 4.86. The van der Waals surface area contributed by atoms with E-state index in [1.54, 1.807) is 12.1 Å². The lowest BCUT2D eigenvalue weighted by Crippen LogP contribution is -2.48. The number of amides is 1. The molecule has 1 aliphatic heterocycles. The molecule has 7 heteroatoms. The van der Waals surface area contributed by atoms with E-state index in [4.69, 9.17) is 16.0 Å². The van der Waals surface area contributed by atoms with E-state index >= 15 is 0 Å². The number of nitrogens with zero attached hydrogens (tertiary/aromatic N) is 4. The van der Waals surface area contributed by atoms with Crippen molar-refractivity contribution < 1.29 is 9.21 Å². The summed E-state index contributed by atoms with van der Waals surface area (Å²) in [6.07, 6.45) is 0.811. The molecule has 1 saturated heterocycles. The smallest absolute Gasteiger partial charge is 0.247 e. The van der Waals surface area contributed by atoms with Crippen LogP contribution in [-0.4, -0.2) is 47.2 Å². The Morgan fingerprint density at radius 1 is 0.964 bits per heavy atom. The van der Waals surface area contributed by atoms with Gasteiger partial charge in [0.2, 0.25) is 17.7 Å². The van der Waals surface area contributed by atoms with Gasteiger partial charge in [-0.15, -0.1) is 10.2 Å². The van der Waals surface area contributed by atoms with Gasteiger partial charge in [-0.3, -0.25) is 4.79 Å². The fourth-order valence-corrected chi connectivity index (χ4v) is 3.41. The molecule has 0 spiro atoms. The predicted molar refractivity (Wildman–Crippen MR) is 108 cm³/mol. The highest BCUT2D eigenvalue weighted by atomic mass is 35.5. The van der Waals surface area contributed by atoms with Gasteiger partial charge in [0.15, 0.2) is 0 Å². The number of carbonyl (C=O) groups is 1. The number of carbonyl (C=O) groups excluding carboxylic acids is 1. The Bertz CT molecular complexity index is 919. The molecule has 1 aliphatic rings. The maximum absolute atomic E-state index is 12.5. The van der Waals surface area contributed by atoms with Crippen molar-refractivity contribution in [2.24, 2.45) is 0 Å². The van der Waals surface area contributed by atoms with Gasteiger partial charge in [0.05, 0.1) is 0 Å². The summed E-state index contributed by atoms with van der Waals surface area (Å²) in [4.78, 5) is 16.8. The summed E-state index contributed by atoms with van der Waals surface area (Å²) in [5.74, 6) is 1.04. The van der Waals surface area contributed by atoms with Crippen LogP contribution in [0.15, 0.2) is 59.0 Å². The van der Waals surface area contributed by atoms with Gasteiger partial charge < -0.3 is 14.2 Å². The number of halogens is 1. The summed E-state index contributed by atoms with van der Waals surface area (Å²) < 4.78 is 5.68. The normalized spacial score (nSPS) is 14.3. The molecule has 0 atom stereocenters. The Morgan fingerprint density at radius 3 is 2.39 bits per heavy atom. The van der Waals surface area contributed by atoms with Crippen molar-refractivity contribution >= 4 is 23.2 Å². The van der Waals surface area contributed by atoms with E-state index in [0.717, 1.165) is 31.7 Å². The quantitative estimate of drug-likeness (QED) is 0.658. The highest BCUT2D eigenvalue weighted by Crippen LogP contribution is 2.21. The first-order valence-corrected chi connectivity index (χ1v) is 9.73. The van der Waals surface area contributed by atoms with Gasteiger partial charge in [-0.25, -0.2) is 0 Å². The van der Waals surface area contributed by atoms with E-state index in [2.05, 4.69) is 27.2 Å². The van der Waals surface area contributed by atoms with Gasteiger partial charge in [-0.05, 0) is 36.4 Å². The van der Waals surface area contributed by atoms with E-state index in [1.807, 2.05) is 35.2 Å². The Balaban J connectivity index is 1.28. The number of anilines is 1. The molecule has 0 N–H and O–H groups in total. The number of aryl methyl sites for hydroxylation is 1. The fraction of sp³-hybridized carbons (Fsp3) is 0.286. The number of piperazine rings is 1. The monoisotopic (exact) mass is 396 g/mol. The van der Waals surface area contributed by atoms with Crippen LogP contribution in [0.5, 0.6) is 0 Å². The molecule has 0 bridgehead atoms. The number of rotatable bonds is 5. The molecule has 3 aromatic rings. The summed E-state index contributed by atoms with van der Waals surface area (Å²) in [5.41, 5.74) is 2.02. The van der Waals surface area contributed by atoms with Crippen molar-refractivity contribution in [3.05, 3.63) is 65.5 Å². The van der Waals surface area contributed by atoms with E-state index in [9.17, 15) is 4.79 Å². The fourth-order valence-electron chi connectivity index (χ4n) is 3.29. The van der Waals surface area contributed by atoms with Gasteiger partial charge in [0.25, 0.3) is 0 Å². The average molecular weight is 397 g/mol. The standard InChI is InChI=1S/C21H21ClN4O2/c22-17-8-6-16(7-9-17)21-24-23-19(28-21)10-11-20(27)26-14-12-25(13-15-26)18-4-2-1-3-5-18/h1-9H,10-15H2. The Morgan fingerprint density at radius 2 is 1.68 bits per heavy atom. The second kappa shape index (κ2) is 8.44. The maximum atomic E-state index is 12.5. The summed E-state index contributed by atoms with van der Waals surface area (Å²) in [6, 6.07) is 17.5. The molecular weight excluding hydrogens is 376 g/mol. The summed E-state index contributed by atoms with van der Waals surface area (Å²) in [5, 5.41) is 8.77. The highest BCUT2D eigenvalue weighted by molar-refractivity contribution is 6.30. The van der Waals surface area contributed by atoms with Crippen molar-refractivity contribution in [3.63, 3.8) is 0 Å². The molecule has 1 fully saturated rings. The molecule has 0 saturated carbocycles. The topological polar surface area (TPSA) is 62.5 Å². The summed E-state index contributed by atoms with van der Waals surface area (Å²) >= 11 is 5.89. The third-order valence-corrected chi connectivity index (χ3v) is 5.12. The minimum Gasteiger partial charge on any atom is -0.421 e. The van der Waals surface area contributed by atoms with Crippen molar-refractivity contribution in [1.82, 2.24) is 15.1 Å². The van der Waals surface area contributed by atoms with Gasteiger partial charge in [-0.1, -0.05) is 29.8 Å². The van der Waals surface area contributed by atoms with E-state index in [-0.39, 0.29) is 5.91 Å².